The van der Waals surface area contributed by atoms with Crippen LogP contribution < -0.4 is 5.32 Å². The molecule has 0 saturated heterocycles. The maximum atomic E-state index is 14.2. The van der Waals surface area contributed by atoms with Crippen molar-refractivity contribution in [3.05, 3.63) is 64.0 Å². The predicted molar refractivity (Wildman–Crippen MR) is 89.7 cm³/mol. The number of hydrogen-bond donors (Lipinski definition) is 1. The number of thiazole rings is 1. The Balaban J connectivity index is 1.86. The molecule has 0 unspecified atom stereocenters. The third kappa shape index (κ3) is 3.83. The number of amides is 1. The Morgan fingerprint density at radius 3 is 2.69 bits per heavy atom. The molecule has 2 heterocycles. The first-order chi connectivity index (χ1) is 12.3. The van der Waals surface area contributed by atoms with Crippen LogP contribution in [0.3, 0.4) is 0 Å². The molecule has 1 amide bonds. The number of hydrogen-bond acceptors (Lipinski definition) is 4. The van der Waals surface area contributed by atoms with E-state index in [0.29, 0.717) is 6.07 Å². The monoisotopic (exact) mass is 401 g/mol. The Morgan fingerprint density at radius 2 is 2.00 bits per heavy atom. The molecule has 0 radical (unpaired) electrons. The summed E-state index contributed by atoms with van der Waals surface area (Å²) in [4.78, 5) is 19.9. The lowest BCUT2D eigenvalue weighted by Gasteiger charge is -2.09. The minimum Gasteiger partial charge on any atom is -0.298 e. The molecule has 4 nitrogen and oxygen atoms in total. The molecule has 0 atom stereocenters. The molecule has 0 aliphatic heterocycles. The van der Waals surface area contributed by atoms with Crippen LogP contribution in [0.1, 0.15) is 15.9 Å². The highest BCUT2D eigenvalue weighted by Gasteiger charge is 2.35. The Morgan fingerprint density at radius 1 is 1.23 bits per heavy atom. The first kappa shape index (κ1) is 18.3. The molecule has 0 aliphatic rings. The van der Waals surface area contributed by atoms with Crippen molar-refractivity contribution in [2.24, 2.45) is 0 Å². The van der Waals surface area contributed by atoms with E-state index in [4.69, 9.17) is 11.6 Å². The van der Waals surface area contributed by atoms with Gasteiger partial charge in [-0.2, -0.15) is 13.2 Å². The topological polar surface area (TPSA) is 54.9 Å². The van der Waals surface area contributed by atoms with Gasteiger partial charge in [0.25, 0.3) is 5.91 Å². The number of rotatable bonds is 3. The Hall–Kier alpha value is -2.52. The van der Waals surface area contributed by atoms with E-state index >= 15 is 0 Å². The summed E-state index contributed by atoms with van der Waals surface area (Å²) in [6.07, 6.45) is -2.16. The second kappa shape index (κ2) is 7.00. The molecule has 1 N–H and O–H groups in total. The number of alkyl halides is 3. The SMILES string of the molecule is O=C(Nc1nc(-c2cccc(C(F)(F)F)c2F)cs1)c1cncc(Cl)c1. The second-order valence-corrected chi connectivity index (χ2v) is 6.34. The number of halogens is 5. The molecule has 0 saturated carbocycles. The van der Waals surface area contributed by atoms with Crippen molar-refractivity contribution >= 4 is 34.0 Å². The molecule has 134 valence electrons. The summed E-state index contributed by atoms with van der Waals surface area (Å²) < 4.78 is 52.6. The zero-order chi connectivity index (χ0) is 18.9. The lowest BCUT2D eigenvalue weighted by molar-refractivity contribution is -0.139. The molecule has 0 bridgehead atoms. The summed E-state index contributed by atoms with van der Waals surface area (Å²) in [7, 11) is 0. The molecule has 0 aliphatic carbocycles. The zero-order valence-corrected chi connectivity index (χ0v) is 14.2. The molecule has 3 aromatic rings. The molecule has 26 heavy (non-hydrogen) atoms. The Kier molecular flexibility index (Phi) is 4.92. The van der Waals surface area contributed by atoms with Crippen LogP contribution in [-0.2, 0) is 6.18 Å². The number of anilines is 1. The van der Waals surface area contributed by atoms with Crippen LogP contribution >= 0.6 is 22.9 Å². The first-order valence-electron chi connectivity index (χ1n) is 6.99. The molecular formula is C16H8ClF4N3OS. The molecule has 0 spiro atoms. The van der Waals surface area contributed by atoms with Gasteiger partial charge in [-0.1, -0.05) is 17.7 Å². The quantitative estimate of drug-likeness (QED) is 0.608. The van der Waals surface area contributed by atoms with Crippen LogP contribution in [0, 0.1) is 5.82 Å². The maximum Gasteiger partial charge on any atom is 0.419 e. The average molecular weight is 402 g/mol. The number of carbonyl (C=O) groups excluding carboxylic acids is 1. The van der Waals surface area contributed by atoms with Crippen molar-refractivity contribution in [3.8, 4) is 11.3 Å². The van der Waals surface area contributed by atoms with E-state index in [9.17, 15) is 22.4 Å². The minimum atomic E-state index is -4.81. The predicted octanol–water partition coefficient (Wildman–Crippen LogP) is 5.27. The fourth-order valence-electron chi connectivity index (χ4n) is 2.11. The summed E-state index contributed by atoms with van der Waals surface area (Å²) in [6, 6.07) is 4.33. The maximum absolute atomic E-state index is 14.2. The van der Waals surface area contributed by atoms with Gasteiger partial charge in [0.1, 0.15) is 5.82 Å². The van der Waals surface area contributed by atoms with Crippen LogP contribution in [0.4, 0.5) is 22.7 Å². The van der Waals surface area contributed by atoms with E-state index < -0.39 is 23.5 Å². The van der Waals surface area contributed by atoms with Gasteiger partial charge in [0.05, 0.1) is 21.8 Å². The molecule has 0 fully saturated rings. The average Bonchev–Trinajstić information content (AvgIpc) is 3.02. The van der Waals surface area contributed by atoms with Crippen LogP contribution in [0.15, 0.2) is 42.0 Å². The number of carbonyl (C=O) groups is 1. The van der Waals surface area contributed by atoms with Gasteiger partial charge in [0.15, 0.2) is 5.13 Å². The van der Waals surface area contributed by atoms with Crippen molar-refractivity contribution in [2.75, 3.05) is 5.32 Å². The lowest BCUT2D eigenvalue weighted by Crippen LogP contribution is -2.12. The fraction of sp³-hybridized carbons (Fsp3) is 0.0625. The van der Waals surface area contributed by atoms with Gasteiger partial charge >= 0.3 is 6.18 Å². The van der Waals surface area contributed by atoms with Gasteiger partial charge in [-0.25, -0.2) is 9.37 Å². The number of aromatic nitrogens is 2. The number of nitrogens with zero attached hydrogens (tertiary/aromatic N) is 2. The van der Waals surface area contributed by atoms with Crippen molar-refractivity contribution in [3.63, 3.8) is 0 Å². The van der Waals surface area contributed by atoms with Crippen molar-refractivity contribution < 1.29 is 22.4 Å². The molecule has 1 aromatic carbocycles. The van der Waals surface area contributed by atoms with E-state index in [1.165, 1.54) is 29.9 Å². The van der Waals surface area contributed by atoms with Gasteiger partial charge in [-0.05, 0) is 18.2 Å². The Bertz CT molecular complexity index is 974. The van der Waals surface area contributed by atoms with Crippen LogP contribution in [0.25, 0.3) is 11.3 Å². The number of nitrogens with one attached hydrogen (secondary N) is 1. The first-order valence-corrected chi connectivity index (χ1v) is 8.25. The lowest BCUT2D eigenvalue weighted by atomic mass is 10.1. The van der Waals surface area contributed by atoms with E-state index in [1.54, 1.807) is 0 Å². The molecule has 3 rings (SSSR count). The number of pyridine rings is 1. The summed E-state index contributed by atoms with van der Waals surface area (Å²) in [5.74, 6) is -1.97. The van der Waals surface area contributed by atoms with Gasteiger partial charge in [0.2, 0.25) is 0 Å². The molecular weight excluding hydrogens is 394 g/mol. The van der Waals surface area contributed by atoms with Crippen LogP contribution in [-0.4, -0.2) is 15.9 Å². The van der Waals surface area contributed by atoms with E-state index in [1.807, 2.05) is 0 Å². The number of benzene rings is 1. The van der Waals surface area contributed by atoms with Gasteiger partial charge in [-0.15, -0.1) is 11.3 Å². The Labute approximate surface area is 153 Å². The summed E-state index contributed by atoms with van der Waals surface area (Å²) in [6.45, 7) is 0. The van der Waals surface area contributed by atoms with E-state index in [2.05, 4.69) is 15.3 Å². The summed E-state index contributed by atoms with van der Waals surface area (Å²) in [5.41, 5.74) is -1.52. The van der Waals surface area contributed by atoms with Gasteiger partial charge in [-0.3, -0.25) is 15.1 Å². The van der Waals surface area contributed by atoms with Crippen molar-refractivity contribution in [2.45, 2.75) is 6.18 Å². The normalized spacial score (nSPS) is 11.4. The second-order valence-electron chi connectivity index (χ2n) is 5.05. The molecule has 2 aromatic heterocycles. The van der Waals surface area contributed by atoms with E-state index in [0.717, 1.165) is 17.4 Å². The highest BCUT2D eigenvalue weighted by atomic mass is 35.5. The summed E-state index contributed by atoms with van der Waals surface area (Å²) in [5, 5.41) is 4.18. The van der Waals surface area contributed by atoms with E-state index in [-0.39, 0.29) is 27.0 Å². The summed E-state index contributed by atoms with van der Waals surface area (Å²) >= 11 is 6.71. The largest absolute Gasteiger partial charge is 0.419 e. The van der Waals surface area contributed by atoms with Gasteiger partial charge in [0, 0.05) is 23.3 Å². The highest BCUT2D eigenvalue weighted by molar-refractivity contribution is 7.14. The highest BCUT2D eigenvalue weighted by Crippen LogP contribution is 2.36. The minimum absolute atomic E-state index is 0.0156. The molecule has 10 heteroatoms. The van der Waals surface area contributed by atoms with Gasteiger partial charge < -0.3 is 0 Å². The van der Waals surface area contributed by atoms with Crippen molar-refractivity contribution in [1.82, 2.24) is 9.97 Å². The zero-order valence-electron chi connectivity index (χ0n) is 12.6. The third-order valence-electron chi connectivity index (χ3n) is 3.27. The third-order valence-corrected chi connectivity index (χ3v) is 4.24. The standard InChI is InChI=1S/C16H8ClF4N3OS/c17-9-4-8(5-22-6-9)14(25)24-15-23-12(7-26-15)10-2-1-3-11(13(10)18)16(19,20)21/h1-7H,(H,23,24,25). The fourth-order valence-corrected chi connectivity index (χ4v) is 2.99. The van der Waals surface area contributed by atoms with Crippen LogP contribution in [0.2, 0.25) is 5.02 Å². The smallest absolute Gasteiger partial charge is 0.298 e. The van der Waals surface area contributed by atoms with Crippen molar-refractivity contribution in [1.29, 1.82) is 0 Å². The van der Waals surface area contributed by atoms with Crippen LogP contribution in [0.5, 0.6) is 0 Å².